The van der Waals surface area contributed by atoms with E-state index in [1.807, 2.05) is 6.07 Å². The maximum absolute atomic E-state index is 12.2. The third kappa shape index (κ3) is 3.36. The molecule has 0 bridgehead atoms. The van der Waals surface area contributed by atoms with Crippen molar-refractivity contribution in [3.8, 4) is 0 Å². The van der Waals surface area contributed by atoms with Crippen molar-refractivity contribution in [1.82, 2.24) is 10.2 Å². The van der Waals surface area contributed by atoms with Gasteiger partial charge in [0.05, 0.1) is 6.04 Å². The summed E-state index contributed by atoms with van der Waals surface area (Å²) in [5.74, 6) is -0.998. The van der Waals surface area contributed by atoms with Crippen LogP contribution >= 0.6 is 0 Å². The molecule has 5 nitrogen and oxygen atoms in total. The SMILES string of the molecule is CC(NC(C(=O)O)c1ccccc1)C(=O)N1CCCC1. The predicted molar refractivity (Wildman–Crippen MR) is 75.2 cm³/mol. The summed E-state index contributed by atoms with van der Waals surface area (Å²) in [6.07, 6.45) is 2.05. The van der Waals surface area contributed by atoms with Crippen molar-refractivity contribution in [3.63, 3.8) is 0 Å². The first-order valence-corrected chi connectivity index (χ1v) is 6.92. The van der Waals surface area contributed by atoms with Gasteiger partial charge in [-0.15, -0.1) is 0 Å². The number of carbonyl (C=O) groups is 2. The number of hydrogen-bond acceptors (Lipinski definition) is 3. The van der Waals surface area contributed by atoms with E-state index in [9.17, 15) is 14.7 Å². The second kappa shape index (κ2) is 6.52. The summed E-state index contributed by atoms with van der Waals surface area (Å²) in [6, 6.07) is 7.55. The number of rotatable bonds is 5. The Morgan fingerprint density at radius 2 is 1.80 bits per heavy atom. The zero-order chi connectivity index (χ0) is 14.5. The Kier molecular flexibility index (Phi) is 4.74. The molecule has 1 saturated heterocycles. The number of aliphatic carboxylic acids is 1. The van der Waals surface area contributed by atoms with Gasteiger partial charge in [-0.25, -0.2) is 0 Å². The molecule has 2 N–H and O–H groups in total. The van der Waals surface area contributed by atoms with Crippen LogP contribution in [0.25, 0.3) is 0 Å². The van der Waals surface area contributed by atoms with Crippen LogP contribution in [0.3, 0.4) is 0 Å². The predicted octanol–water partition coefficient (Wildman–Crippen LogP) is 1.41. The molecular weight excluding hydrogens is 256 g/mol. The minimum absolute atomic E-state index is 0.0234. The molecule has 108 valence electrons. The highest BCUT2D eigenvalue weighted by atomic mass is 16.4. The summed E-state index contributed by atoms with van der Waals surface area (Å²) >= 11 is 0. The quantitative estimate of drug-likeness (QED) is 0.853. The number of carboxylic acid groups (broad SMARTS) is 1. The van der Waals surface area contributed by atoms with Gasteiger partial charge in [0, 0.05) is 13.1 Å². The van der Waals surface area contributed by atoms with Gasteiger partial charge in [0.15, 0.2) is 0 Å². The summed E-state index contributed by atoms with van der Waals surface area (Å²) < 4.78 is 0. The first kappa shape index (κ1) is 14.5. The van der Waals surface area contributed by atoms with Crippen molar-refractivity contribution < 1.29 is 14.7 Å². The number of benzene rings is 1. The molecular formula is C15H20N2O3. The maximum atomic E-state index is 12.2. The molecule has 0 aromatic heterocycles. The average molecular weight is 276 g/mol. The number of nitrogens with zero attached hydrogens (tertiary/aromatic N) is 1. The molecule has 0 spiro atoms. The van der Waals surface area contributed by atoms with E-state index in [2.05, 4.69) is 5.32 Å². The topological polar surface area (TPSA) is 69.6 Å². The highest BCUT2D eigenvalue weighted by molar-refractivity contribution is 5.83. The van der Waals surface area contributed by atoms with Gasteiger partial charge in [0.1, 0.15) is 6.04 Å². The summed E-state index contributed by atoms with van der Waals surface area (Å²) in [5, 5.41) is 12.3. The third-order valence-corrected chi connectivity index (χ3v) is 3.58. The Bertz CT molecular complexity index is 469. The van der Waals surface area contributed by atoms with Crippen LogP contribution in [0.1, 0.15) is 31.4 Å². The number of carbonyl (C=O) groups excluding carboxylic acids is 1. The van der Waals surface area contributed by atoms with Gasteiger partial charge in [0.25, 0.3) is 0 Å². The lowest BCUT2D eigenvalue weighted by Crippen LogP contribution is -2.46. The van der Waals surface area contributed by atoms with Gasteiger partial charge in [-0.05, 0) is 25.3 Å². The minimum atomic E-state index is -0.975. The van der Waals surface area contributed by atoms with E-state index in [0.717, 1.165) is 25.9 Å². The smallest absolute Gasteiger partial charge is 0.325 e. The van der Waals surface area contributed by atoms with Crippen molar-refractivity contribution in [2.45, 2.75) is 31.8 Å². The van der Waals surface area contributed by atoms with E-state index in [0.29, 0.717) is 5.56 Å². The van der Waals surface area contributed by atoms with Gasteiger partial charge in [0.2, 0.25) is 5.91 Å². The van der Waals surface area contributed by atoms with Gasteiger partial charge < -0.3 is 10.0 Å². The lowest BCUT2D eigenvalue weighted by Gasteiger charge is -2.24. The number of carboxylic acids is 1. The zero-order valence-electron chi connectivity index (χ0n) is 11.6. The fraction of sp³-hybridized carbons (Fsp3) is 0.467. The fourth-order valence-corrected chi connectivity index (χ4v) is 2.49. The molecule has 20 heavy (non-hydrogen) atoms. The monoisotopic (exact) mass is 276 g/mol. The van der Waals surface area contributed by atoms with Crippen LogP contribution < -0.4 is 5.32 Å². The summed E-state index contributed by atoms with van der Waals surface area (Å²) in [5.41, 5.74) is 0.654. The number of nitrogens with one attached hydrogen (secondary N) is 1. The Labute approximate surface area is 118 Å². The van der Waals surface area contributed by atoms with E-state index in [1.165, 1.54) is 0 Å². The molecule has 1 fully saturated rings. The Balaban J connectivity index is 2.04. The second-order valence-corrected chi connectivity index (χ2v) is 5.10. The number of likely N-dealkylation sites (tertiary alicyclic amines) is 1. The molecule has 1 aromatic carbocycles. The van der Waals surface area contributed by atoms with E-state index in [4.69, 9.17) is 0 Å². The largest absolute Gasteiger partial charge is 0.480 e. The van der Waals surface area contributed by atoms with Crippen LogP contribution in [-0.4, -0.2) is 41.0 Å². The summed E-state index contributed by atoms with van der Waals surface area (Å²) in [6.45, 7) is 3.27. The van der Waals surface area contributed by atoms with Crippen LogP contribution in [0.15, 0.2) is 30.3 Å². The molecule has 2 rings (SSSR count). The van der Waals surface area contributed by atoms with Gasteiger partial charge in [-0.3, -0.25) is 14.9 Å². The molecule has 2 atom stereocenters. The zero-order valence-corrected chi connectivity index (χ0v) is 11.6. The van der Waals surface area contributed by atoms with E-state index >= 15 is 0 Å². The van der Waals surface area contributed by atoms with Crippen LogP contribution in [-0.2, 0) is 9.59 Å². The van der Waals surface area contributed by atoms with Crippen molar-refractivity contribution in [2.24, 2.45) is 0 Å². The molecule has 1 aliphatic rings. The van der Waals surface area contributed by atoms with Crippen LogP contribution in [0, 0.1) is 0 Å². The van der Waals surface area contributed by atoms with Gasteiger partial charge >= 0.3 is 5.97 Å². The molecule has 1 aliphatic heterocycles. The molecule has 2 unspecified atom stereocenters. The lowest BCUT2D eigenvalue weighted by molar-refractivity contribution is -0.140. The minimum Gasteiger partial charge on any atom is -0.480 e. The fourth-order valence-electron chi connectivity index (χ4n) is 2.49. The van der Waals surface area contributed by atoms with E-state index in [-0.39, 0.29) is 5.91 Å². The summed E-state index contributed by atoms with van der Waals surface area (Å²) in [4.78, 5) is 25.4. The molecule has 0 radical (unpaired) electrons. The van der Waals surface area contributed by atoms with E-state index in [1.54, 1.807) is 36.1 Å². The maximum Gasteiger partial charge on any atom is 0.325 e. The Morgan fingerprint density at radius 1 is 1.20 bits per heavy atom. The second-order valence-electron chi connectivity index (χ2n) is 5.10. The van der Waals surface area contributed by atoms with Crippen LogP contribution in [0.4, 0.5) is 0 Å². The molecule has 0 saturated carbocycles. The normalized spacial score (nSPS) is 17.8. The molecule has 1 heterocycles. The van der Waals surface area contributed by atoms with Crippen molar-refractivity contribution in [1.29, 1.82) is 0 Å². The van der Waals surface area contributed by atoms with Crippen LogP contribution in [0.5, 0.6) is 0 Å². The Morgan fingerprint density at radius 3 is 2.35 bits per heavy atom. The van der Waals surface area contributed by atoms with Gasteiger partial charge in [-0.1, -0.05) is 30.3 Å². The molecule has 0 aliphatic carbocycles. The standard InChI is InChI=1S/C15H20N2O3/c1-11(14(18)17-9-5-6-10-17)16-13(15(19)20)12-7-3-2-4-8-12/h2-4,7-8,11,13,16H,5-6,9-10H2,1H3,(H,19,20). The Hall–Kier alpha value is -1.88. The molecule has 1 aromatic rings. The van der Waals surface area contributed by atoms with Crippen molar-refractivity contribution in [3.05, 3.63) is 35.9 Å². The number of hydrogen-bond donors (Lipinski definition) is 2. The van der Waals surface area contributed by atoms with E-state index < -0.39 is 18.1 Å². The first-order valence-electron chi connectivity index (χ1n) is 6.92. The highest BCUT2D eigenvalue weighted by Gasteiger charge is 2.28. The first-order chi connectivity index (χ1) is 9.59. The molecule has 1 amide bonds. The summed E-state index contributed by atoms with van der Waals surface area (Å²) in [7, 11) is 0. The van der Waals surface area contributed by atoms with Gasteiger partial charge in [-0.2, -0.15) is 0 Å². The highest BCUT2D eigenvalue weighted by Crippen LogP contribution is 2.15. The number of amides is 1. The average Bonchev–Trinajstić information content (AvgIpc) is 2.98. The molecule has 5 heteroatoms. The van der Waals surface area contributed by atoms with Crippen molar-refractivity contribution >= 4 is 11.9 Å². The third-order valence-electron chi connectivity index (χ3n) is 3.58. The van der Waals surface area contributed by atoms with Crippen LogP contribution in [0.2, 0.25) is 0 Å². The lowest BCUT2D eigenvalue weighted by atomic mass is 10.1. The van der Waals surface area contributed by atoms with Crippen molar-refractivity contribution in [2.75, 3.05) is 13.1 Å².